The van der Waals surface area contributed by atoms with E-state index in [1.165, 1.54) is 11.3 Å². The van der Waals surface area contributed by atoms with Gasteiger partial charge in [0.05, 0.1) is 17.8 Å². The van der Waals surface area contributed by atoms with Gasteiger partial charge in [-0.25, -0.2) is 0 Å². The molecule has 0 radical (unpaired) electrons. The van der Waals surface area contributed by atoms with Crippen molar-refractivity contribution < 1.29 is 0 Å². The Bertz CT molecular complexity index is 877. The van der Waals surface area contributed by atoms with E-state index in [4.69, 9.17) is 12.2 Å². The van der Waals surface area contributed by atoms with E-state index in [9.17, 15) is 0 Å². The zero-order valence-electron chi connectivity index (χ0n) is 14.6. The van der Waals surface area contributed by atoms with Crippen LogP contribution in [0.3, 0.4) is 0 Å². The molecule has 1 aliphatic heterocycles. The molecule has 0 bridgehead atoms. The molecule has 1 aliphatic rings. The normalized spacial score (nSPS) is 19.6. The van der Waals surface area contributed by atoms with E-state index in [2.05, 4.69) is 62.1 Å². The van der Waals surface area contributed by atoms with Gasteiger partial charge in [-0.3, -0.25) is 9.97 Å². The summed E-state index contributed by atoms with van der Waals surface area (Å²) in [5.74, 6) is 0. The molecular weight excluding hydrogens is 342 g/mol. The van der Waals surface area contributed by atoms with Gasteiger partial charge in [0.1, 0.15) is 0 Å². The molecule has 0 amide bonds. The third kappa shape index (κ3) is 3.08. The van der Waals surface area contributed by atoms with Gasteiger partial charge in [0.15, 0.2) is 5.11 Å². The summed E-state index contributed by atoms with van der Waals surface area (Å²) in [6.45, 7) is 3.76. The van der Waals surface area contributed by atoms with E-state index in [0.717, 1.165) is 23.9 Å². The Labute approximate surface area is 158 Å². The highest BCUT2D eigenvalue weighted by atomic mass is 32.1. The van der Waals surface area contributed by atoms with Gasteiger partial charge in [0, 0.05) is 43.6 Å². The van der Waals surface area contributed by atoms with Crippen LogP contribution in [-0.4, -0.2) is 31.1 Å². The van der Waals surface area contributed by atoms with Crippen LogP contribution in [0.15, 0.2) is 67.3 Å². The minimum absolute atomic E-state index is 0.0335. The molecule has 0 aromatic carbocycles. The summed E-state index contributed by atoms with van der Waals surface area (Å²) in [4.78, 5) is 11.0. The van der Waals surface area contributed by atoms with Gasteiger partial charge in [0.25, 0.3) is 0 Å². The highest BCUT2D eigenvalue weighted by molar-refractivity contribution is 7.80. The number of hydrogen-bond donors (Lipinski definition) is 1. The maximum atomic E-state index is 5.61. The quantitative estimate of drug-likeness (QED) is 0.705. The molecule has 4 heterocycles. The molecule has 0 spiro atoms. The molecule has 26 heavy (non-hydrogen) atoms. The van der Waals surface area contributed by atoms with Gasteiger partial charge in [-0.2, -0.15) is 0 Å². The van der Waals surface area contributed by atoms with Crippen molar-refractivity contribution in [3.05, 3.63) is 84.2 Å². The highest BCUT2D eigenvalue weighted by Crippen LogP contribution is 2.38. The van der Waals surface area contributed by atoms with Crippen molar-refractivity contribution >= 4 is 17.3 Å². The molecule has 132 valence electrons. The molecular formula is C20H21N5S. The first kappa shape index (κ1) is 16.7. The van der Waals surface area contributed by atoms with E-state index in [0.29, 0.717) is 0 Å². The SMILES string of the molecule is CCN1C(=S)NC(c2ccccn2)C1c1cccn1Cc1cccnc1. The third-order valence-corrected chi connectivity index (χ3v) is 5.13. The van der Waals surface area contributed by atoms with Crippen LogP contribution in [0.5, 0.6) is 0 Å². The van der Waals surface area contributed by atoms with Crippen LogP contribution in [0.2, 0.25) is 0 Å². The van der Waals surface area contributed by atoms with Gasteiger partial charge < -0.3 is 14.8 Å². The number of pyridine rings is 2. The number of thiocarbonyl (C=S) groups is 1. The minimum Gasteiger partial charge on any atom is -0.352 e. The third-order valence-electron chi connectivity index (χ3n) is 4.78. The fraction of sp³-hybridized carbons (Fsp3) is 0.250. The van der Waals surface area contributed by atoms with Gasteiger partial charge in [-0.1, -0.05) is 12.1 Å². The summed E-state index contributed by atoms with van der Waals surface area (Å²) in [5.41, 5.74) is 3.40. The largest absolute Gasteiger partial charge is 0.352 e. The van der Waals surface area contributed by atoms with E-state index in [1.807, 2.05) is 30.6 Å². The lowest BCUT2D eigenvalue weighted by molar-refractivity contribution is 0.316. The Morgan fingerprint density at radius 3 is 2.77 bits per heavy atom. The van der Waals surface area contributed by atoms with Crippen molar-refractivity contribution in [3.63, 3.8) is 0 Å². The van der Waals surface area contributed by atoms with E-state index >= 15 is 0 Å². The summed E-state index contributed by atoms with van der Waals surface area (Å²) in [7, 11) is 0. The zero-order chi connectivity index (χ0) is 17.9. The van der Waals surface area contributed by atoms with Gasteiger partial charge >= 0.3 is 0 Å². The summed E-state index contributed by atoms with van der Waals surface area (Å²) >= 11 is 5.61. The lowest BCUT2D eigenvalue weighted by Gasteiger charge is -2.28. The average Bonchev–Trinajstić information content (AvgIpc) is 3.26. The fourth-order valence-corrected chi connectivity index (χ4v) is 3.97. The summed E-state index contributed by atoms with van der Waals surface area (Å²) < 4.78 is 2.27. The van der Waals surface area contributed by atoms with Crippen molar-refractivity contribution in [2.24, 2.45) is 0 Å². The summed E-state index contributed by atoms with van der Waals surface area (Å²) in [6, 6.07) is 14.5. The van der Waals surface area contributed by atoms with Crippen LogP contribution in [0.25, 0.3) is 0 Å². The maximum absolute atomic E-state index is 5.61. The Morgan fingerprint density at radius 1 is 1.12 bits per heavy atom. The van der Waals surface area contributed by atoms with Gasteiger partial charge in [-0.15, -0.1) is 0 Å². The molecule has 3 aromatic heterocycles. The first-order valence-electron chi connectivity index (χ1n) is 8.80. The molecule has 3 aromatic rings. The van der Waals surface area contributed by atoms with Crippen LogP contribution in [0.1, 0.15) is 36.0 Å². The summed E-state index contributed by atoms with van der Waals surface area (Å²) in [6.07, 6.45) is 7.66. The lowest BCUT2D eigenvalue weighted by atomic mass is 10.0. The Hall–Kier alpha value is -2.73. The number of aromatic nitrogens is 3. The molecule has 5 nitrogen and oxygen atoms in total. The van der Waals surface area contributed by atoms with Crippen molar-refractivity contribution in [1.29, 1.82) is 0 Å². The Kier molecular flexibility index (Phi) is 4.67. The predicted octanol–water partition coefficient (Wildman–Crippen LogP) is 3.32. The molecule has 2 unspecified atom stereocenters. The number of hydrogen-bond acceptors (Lipinski definition) is 3. The van der Waals surface area contributed by atoms with E-state index in [1.54, 1.807) is 6.20 Å². The molecule has 1 N–H and O–H groups in total. The molecule has 0 saturated carbocycles. The second kappa shape index (κ2) is 7.25. The van der Waals surface area contributed by atoms with Crippen molar-refractivity contribution in [3.8, 4) is 0 Å². The number of nitrogens with zero attached hydrogens (tertiary/aromatic N) is 4. The standard InChI is InChI=1S/C20H21N5S/c1-2-25-19(18(23-20(25)26)16-8-3-4-11-22-16)17-9-6-12-24(17)14-15-7-5-10-21-13-15/h3-13,18-19H,2,14H2,1H3,(H,23,26). The molecule has 2 atom stereocenters. The topological polar surface area (TPSA) is 46.0 Å². The van der Waals surface area contributed by atoms with Crippen molar-refractivity contribution in [1.82, 2.24) is 24.8 Å². The van der Waals surface area contributed by atoms with Crippen LogP contribution in [0, 0.1) is 0 Å². The smallest absolute Gasteiger partial charge is 0.170 e. The monoisotopic (exact) mass is 363 g/mol. The first-order chi connectivity index (χ1) is 12.8. The van der Waals surface area contributed by atoms with Crippen molar-refractivity contribution in [2.45, 2.75) is 25.6 Å². The van der Waals surface area contributed by atoms with E-state index in [-0.39, 0.29) is 12.1 Å². The van der Waals surface area contributed by atoms with E-state index < -0.39 is 0 Å². The molecule has 1 saturated heterocycles. The maximum Gasteiger partial charge on any atom is 0.170 e. The van der Waals surface area contributed by atoms with Crippen LogP contribution in [-0.2, 0) is 6.54 Å². The second-order valence-corrected chi connectivity index (χ2v) is 6.72. The number of rotatable bonds is 5. The van der Waals surface area contributed by atoms with Crippen molar-refractivity contribution in [2.75, 3.05) is 6.54 Å². The average molecular weight is 363 g/mol. The predicted molar refractivity (Wildman–Crippen MR) is 106 cm³/mol. The highest BCUT2D eigenvalue weighted by Gasteiger charge is 2.40. The first-order valence-corrected chi connectivity index (χ1v) is 9.20. The molecule has 6 heteroatoms. The number of likely N-dealkylation sites (N-methyl/N-ethyl adjacent to an activating group) is 1. The lowest BCUT2D eigenvalue weighted by Crippen LogP contribution is -2.30. The Morgan fingerprint density at radius 2 is 2.04 bits per heavy atom. The summed E-state index contributed by atoms with van der Waals surface area (Å²) in [5, 5.41) is 4.25. The van der Waals surface area contributed by atoms with Crippen LogP contribution < -0.4 is 5.32 Å². The number of nitrogens with one attached hydrogen (secondary N) is 1. The van der Waals surface area contributed by atoms with Crippen LogP contribution in [0.4, 0.5) is 0 Å². The fourth-order valence-electron chi connectivity index (χ4n) is 3.60. The molecule has 4 rings (SSSR count). The molecule has 0 aliphatic carbocycles. The van der Waals surface area contributed by atoms with Crippen LogP contribution >= 0.6 is 12.2 Å². The second-order valence-electron chi connectivity index (χ2n) is 6.33. The van der Waals surface area contributed by atoms with Gasteiger partial charge in [-0.05, 0) is 55.0 Å². The minimum atomic E-state index is 0.0335. The Balaban J connectivity index is 1.72. The molecule has 1 fully saturated rings. The van der Waals surface area contributed by atoms with Gasteiger partial charge in [0.2, 0.25) is 0 Å². The zero-order valence-corrected chi connectivity index (χ0v) is 15.4.